The van der Waals surface area contributed by atoms with Gasteiger partial charge in [-0.15, -0.1) is 3.89 Å². The quantitative estimate of drug-likeness (QED) is 0.681. The summed E-state index contributed by atoms with van der Waals surface area (Å²) in [7, 11) is 1.71. The van der Waals surface area contributed by atoms with Crippen LogP contribution in [0.1, 0.15) is 11.1 Å². The van der Waals surface area contributed by atoms with Crippen LogP contribution in [0.3, 0.4) is 0 Å². The van der Waals surface area contributed by atoms with Gasteiger partial charge in [0.15, 0.2) is 0 Å². The molecule has 0 unspecified atom stereocenters. The summed E-state index contributed by atoms with van der Waals surface area (Å²) in [4.78, 5) is 0. The van der Waals surface area contributed by atoms with Gasteiger partial charge in [-0.05, 0) is 11.1 Å². The minimum absolute atomic E-state index is 0.238. The van der Waals surface area contributed by atoms with Crippen LogP contribution in [0.4, 0.5) is 3.89 Å². The lowest BCUT2D eigenvalue weighted by molar-refractivity contribution is 0.545. The number of nitrogens with zero attached hydrogens (tertiary/aromatic N) is 1. The Morgan fingerprint density at radius 1 is 1.54 bits per heavy atom. The van der Waals surface area contributed by atoms with E-state index in [2.05, 4.69) is 6.58 Å². The molecule has 0 aliphatic heterocycles. The first kappa shape index (κ1) is 10.3. The summed E-state index contributed by atoms with van der Waals surface area (Å²) in [5.74, 6) is 0. The molecule has 0 aliphatic rings. The van der Waals surface area contributed by atoms with Crippen LogP contribution < -0.4 is 0 Å². The summed E-state index contributed by atoms with van der Waals surface area (Å²) >= 11 is 0.238. The molecule has 0 N–H and O–H groups in total. The van der Waals surface area contributed by atoms with Gasteiger partial charge in [0.25, 0.3) is 0 Å². The molecule has 0 saturated carbocycles. The van der Waals surface area contributed by atoms with Crippen molar-refractivity contribution < 1.29 is 3.89 Å². The van der Waals surface area contributed by atoms with E-state index in [0.717, 1.165) is 11.1 Å². The third-order valence-corrected chi connectivity index (χ3v) is 2.15. The van der Waals surface area contributed by atoms with Crippen molar-refractivity contribution in [3.05, 3.63) is 42.0 Å². The highest BCUT2D eigenvalue weighted by molar-refractivity contribution is 7.91. The first-order valence-electron chi connectivity index (χ1n) is 3.98. The number of hydrogen-bond acceptors (Lipinski definition) is 2. The Kier molecular flexibility index (Phi) is 3.99. The second-order valence-corrected chi connectivity index (χ2v) is 3.52. The molecule has 3 heteroatoms. The van der Waals surface area contributed by atoms with Crippen LogP contribution >= 0.6 is 12.3 Å². The zero-order chi connectivity index (χ0) is 9.68. The Labute approximate surface area is 82.7 Å². The summed E-state index contributed by atoms with van der Waals surface area (Å²) in [6, 6.07) is 7.84. The van der Waals surface area contributed by atoms with Crippen LogP contribution in [0.2, 0.25) is 0 Å². The Morgan fingerprint density at radius 2 is 2.23 bits per heavy atom. The van der Waals surface area contributed by atoms with Gasteiger partial charge in [-0.3, -0.25) is 0 Å². The SMILES string of the molecule is C=Cc1ccccc1CN(C)SF. The highest BCUT2D eigenvalue weighted by Crippen LogP contribution is 2.16. The predicted octanol–water partition coefficient (Wildman–Crippen LogP) is 3.29. The Balaban J connectivity index is 2.80. The maximum absolute atomic E-state index is 12.1. The molecule has 70 valence electrons. The van der Waals surface area contributed by atoms with E-state index in [4.69, 9.17) is 0 Å². The molecule has 0 bridgehead atoms. The minimum Gasteiger partial charge on any atom is -0.221 e. The van der Waals surface area contributed by atoms with E-state index in [1.165, 1.54) is 4.31 Å². The maximum Gasteiger partial charge on any atom is 0.134 e. The Bertz CT molecular complexity index is 288. The van der Waals surface area contributed by atoms with Crippen LogP contribution in [0.25, 0.3) is 6.08 Å². The normalized spacial score (nSPS) is 10.4. The molecule has 13 heavy (non-hydrogen) atoms. The van der Waals surface area contributed by atoms with Gasteiger partial charge >= 0.3 is 0 Å². The molecule has 0 heterocycles. The molecule has 0 aromatic heterocycles. The third kappa shape index (κ3) is 2.86. The molecule has 1 nitrogen and oxygen atoms in total. The van der Waals surface area contributed by atoms with Crippen LogP contribution in [0.5, 0.6) is 0 Å². The van der Waals surface area contributed by atoms with Crippen molar-refractivity contribution >= 4 is 18.4 Å². The van der Waals surface area contributed by atoms with Crippen LogP contribution in [-0.4, -0.2) is 11.4 Å². The molecule has 0 spiro atoms. The van der Waals surface area contributed by atoms with Gasteiger partial charge in [0, 0.05) is 13.6 Å². The van der Waals surface area contributed by atoms with Gasteiger partial charge in [0.05, 0.1) is 0 Å². The topological polar surface area (TPSA) is 3.24 Å². The number of benzene rings is 1. The molecule has 1 rings (SSSR count). The Morgan fingerprint density at radius 3 is 2.85 bits per heavy atom. The molecule has 0 amide bonds. The predicted molar refractivity (Wildman–Crippen MR) is 56.7 cm³/mol. The van der Waals surface area contributed by atoms with E-state index in [0.29, 0.717) is 6.54 Å². The van der Waals surface area contributed by atoms with Gasteiger partial charge < -0.3 is 0 Å². The smallest absolute Gasteiger partial charge is 0.134 e. The summed E-state index contributed by atoms with van der Waals surface area (Å²) in [5.41, 5.74) is 2.15. The van der Waals surface area contributed by atoms with Crippen LogP contribution in [-0.2, 0) is 6.54 Å². The summed E-state index contributed by atoms with van der Waals surface area (Å²) < 4.78 is 13.7. The van der Waals surface area contributed by atoms with Crippen molar-refractivity contribution in [2.45, 2.75) is 6.54 Å². The molecule has 0 saturated heterocycles. The highest BCUT2D eigenvalue weighted by Gasteiger charge is 2.02. The standard InChI is InChI=1S/C10H12FNS/c1-3-9-6-4-5-7-10(9)8-12(2)13-11/h3-7H,1,8H2,2H3. The van der Waals surface area contributed by atoms with E-state index in [-0.39, 0.29) is 12.3 Å². The monoisotopic (exact) mass is 197 g/mol. The van der Waals surface area contributed by atoms with Gasteiger partial charge in [0.2, 0.25) is 0 Å². The number of rotatable bonds is 4. The molecule has 0 fully saturated rings. The van der Waals surface area contributed by atoms with E-state index >= 15 is 0 Å². The first-order valence-corrected chi connectivity index (χ1v) is 4.65. The molecule has 0 radical (unpaired) electrons. The Hall–Kier alpha value is -0.800. The average Bonchev–Trinajstić information content (AvgIpc) is 2.18. The second kappa shape index (κ2) is 5.04. The lowest BCUT2D eigenvalue weighted by Gasteiger charge is -2.11. The summed E-state index contributed by atoms with van der Waals surface area (Å²) in [5, 5.41) is 0. The molecule has 0 atom stereocenters. The fourth-order valence-electron chi connectivity index (χ4n) is 1.14. The average molecular weight is 197 g/mol. The summed E-state index contributed by atoms with van der Waals surface area (Å²) in [6.07, 6.45) is 1.78. The lowest BCUT2D eigenvalue weighted by Crippen LogP contribution is -2.07. The zero-order valence-corrected chi connectivity index (χ0v) is 8.35. The van der Waals surface area contributed by atoms with E-state index < -0.39 is 0 Å². The van der Waals surface area contributed by atoms with Crippen molar-refractivity contribution in [3.63, 3.8) is 0 Å². The molecule has 1 aromatic carbocycles. The van der Waals surface area contributed by atoms with E-state index in [1.807, 2.05) is 24.3 Å². The maximum atomic E-state index is 12.1. The number of hydrogen-bond donors (Lipinski definition) is 0. The largest absolute Gasteiger partial charge is 0.221 e. The van der Waals surface area contributed by atoms with Crippen LogP contribution in [0.15, 0.2) is 30.8 Å². The zero-order valence-electron chi connectivity index (χ0n) is 7.53. The first-order chi connectivity index (χ1) is 6.27. The fraction of sp³-hybridized carbons (Fsp3) is 0.200. The number of halogens is 1. The second-order valence-electron chi connectivity index (χ2n) is 2.76. The van der Waals surface area contributed by atoms with Gasteiger partial charge in [-0.2, -0.15) is 0 Å². The van der Waals surface area contributed by atoms with Crippen molar-refractivity contribution in [3.8, 4) is 0 Å². The molecular weight excluding hydrogens is 185 g/mol. The van der Waals surface area contributed by atoms with Gasteiger partial charge in [0.1, 0.15) is 12.3 Å². The van der Waals surface area contributed by atoms with Gasteiger partial charge in [-0.25, -0.2) is 4.31 Å². The van der Waals surface area contributed by atoms with Crippen molar-refractivity contribution in [2.75, 3.05) is 7.05 Å². The molecule has 1 aromatic rings. The molecular formula is C10H12FNS. The molecule has 0 aliphatic carbocycles. The van der Waals surface area contributed by atoms with E-state index in [9.17, 15) is 3.89 Å². The van der Waals surface area contributed by atoms with Crippen molar-refractivity contribution in [2.24, 2.45) is 0 Å². The summed E-state index contributed by atoms with van der Waals surface area (Å²) in [6.45, 7) is 4.29. The third-order valence-electron chi connectivity index (χ3n) is 1.79. The van der Waals surface area contributed by atoms with Gasteiger partial charge in [-0.1, -0.05) is 36.9 Å². The van der Waals surface area contributed by atoms with Crippen molar-refractivity contribution in [1.82, 2.24) is 4.31 Å². The minimum atomic E-state index is 0.238. The fourth-order valence-corrected chi connectivity index (χ4v) is 1.33. The van der Waals surface area contributed by atoms with Crippen molar-refractivity contribution in [1.29, 1.82) is 0 Å². The van der Waals surface area contributed by atoms with Crippen LogP contribution in [0, 0.1) is 0 Å². The highest BCUT2D eigenvalue weighted by atomic mass is 32.2. The lowest BCUT2D eigenvalue weighted by atomic mass is 10.1. The van der Waals surface area contributed by atoms with E-state index in [1.54, 1.807) is 13.1 Å².